The highest BCUT2D eigenvalue weighted by molar-refractivity contribution is 7.12. The average molecular weight is 302 g/mol. The Morgan fingerprint density at radius 2 is 2.00 bits per heavy atom. The Morgan fingerprint density at radius 1 is 1.29 bits per heavy atom. The summed E-state index contributed by atoms with van der Waals surface area (Å²) in [4.78, 5) is 15.8. The van der Waals surface area contributed by atoms with Crippen molar-refractivity contribution in [2.45, 2.75) is 33.4 Å². The molecule has 0 aliphatic rings. The molecule has 1 N–H and O–H groups in total. The first kappa shape index (κ1) is 15.6. The van der Waals surface area contributed by atoms with Gasteiger partial charge in [0.2, 0.25) is 5.91 Å². The van der Waals surface area contributed by atoms with E-state index >= 15 is 0 Å². The standard InChI is InChI=1S/C17H22N2OS/c1-12-9-10-17(21-12)13(2)18-16-8-6-5-7-15(16)11-19(4)14(3)20/h5-10,13,18H,11H2,1-4H3. The van der Waals surface area contributed by atoms with Crippen molar-refractivity contribution >= 4 is 22.9 Å². The minimum absolute atomic E-state index is 0.0757. The molecular weight excluding hydrogens is 280 g/mol. The molecule has 1 atom stereocenters. The molecule has 0 spiro atoms. The van der Waals surface area contributed by atoms with Crippen molar-refractivity contribution in [1.29, 1.82) is 0 Å². The van der Waals surface area contributed by atoms with Gasteiger partial charge in [-0.1, -0.05) is 18.2 Å². The van der Waals surface area contributed by atoms with E-state index in [1.807, 2.05) is 30.5 Å². The summed E-state index contributed by atoms with van der Waals surface area (Å²) in [7, 11) is 1.82. The minimum atomic E-state index is 0.0757. The Labute approximate surface area is 130 Å². The Bertz CT molecular complexity index is 621. The maximum absolute atomic E-state index is 11.4. The SMILES string of the molecule is CC(=O)N(C)Cc1ccccc1NC(C)c1ccc(C)s1. The van der Waals surface area contributed by atoms with Gasteiger partial charge in [0, 0.05) is 36.0 Å². The lowest BCUT2D eigenvalue weighted by Crippen LogP contribution is -2.23. The summed E-state index contributed by atoms with van der Waals surface area (Å²) >= 11 is 1.81. The smallest absolute Gasteiger partial charge is 0.219 e. The predicted molar refractivity (Wildman–Crippen MR) is 89.7 cm³/mol. The number of benzene rings is 1. The third-order valence-corrected chi connectivity index (χ3v) is 4.71. The second kappa shape index (κ2) is 6.76. The van der Waals surface area contributed by atoms with Crippen LogP contribution in [0.5, 0.6) is 0 Å². The van der Waals surface area contributed by atoms with Crippen LogP contribution in [-0.2, 0) is 11.3 Å². The number of hydrogen-bond acceptors (Lipinski definition) is 3. The van der Waals surface area contributed by atoms with Crippen molar-refractivity contribution in [1.82, 2.24) is 4.90 Å². The number of nitrogens with one attached hydrogen (secondary N) is 1. The Kier molecular flexibility index (Phi) is 5.02. The summed E-state index contributed by atoms with van der Waals surface area (Å²) in [6, 6.07) is 12.7. The van der Waals surface area contributed by atoms with E-state index in [-0.39, 0.29) is 11.9 Å². The van der Waals surface area contributed by atoms with Crippen LogP contribution in [0.15, 0.2) is 36.4 Å². The number of para-hydroxylation sites is 1. The van der Waals surface area contributed by atoms with Gasteiger partial charge in [0.15, 0.2) is 0 Å². The second-order valence-electron chi connectivity index (χ2n) is 5.35. The zero-order chi connectivity index (χ0) is 15.4. The number of rotatable bonds is 5. The van der Waals surface area contributed by atoms with Crippen LogP contribution in [-0.4, -0.2) is 17.9 Å². The first-order chi connectivity index (χ1) is 9.97. The molecule has 0 radical (unpaired) electrons. The number of carbonyl (C=O) groups excluding carboxylic acids is 1. The first-order valence-electron chi connectivity index (χ1n) is 7.10. The van der Waals surface area contributed by atoms with Gasteiger partial charge in [-0.15, -0.1) is 11.3 Å². The predicted octanol–water partition coefficient (Wildman–Crippen LogP) is 4.21. The molecule has 0 fully saturated rings. The van der Waals surface area contributed by atoms with Gasteiger partial charge in [-0.25, -0.2) is 0 Å². The second-order valence-corrected chi connectivity index (χ2v) is 6.67. The summed E-state index contributed by atoms with van der Waals surface area (Å²) in [5.74, 6) is 0.0757. The molecule has 112 valence electrons. The molecule has 0 aliphatic heterocycles. The van der Waals surface area contributed by atoms with Crippen LogP contribution in [0.1, 0.15) is 35.2 Å². The van der Waals surface area contributed by atoms with Gasteiger partial charge in [0.05, 0.1) is 6.04 Å². The van der Waals surface area contributed by atoms with Crippen LogP contribution in [0.2, 0.25) is 0 Å². The fourth-order valence-corrected chi connectivity index (χ4v) is 3.04. The zero-order valence-electron chi connectivity index (χ0n) is 13.0. The van der Waals surface area contributed by atoms with E-state index < -0.39 is 0 Å². The highest BCUT2D eigenvalue weighted by Crippen LogP contribution is 2.27. The molecule has 1 aromatic heterocycles. The highest BCUT2D eigenvalue weighted by Gasteiger charge is 2.11. The molecule has 0 saturated heterocycles. The van der Waals surface area contributed by atoms with Crippen LogP contribution >= 0.6 is 11.3 Å². The normalized spacial score (nSPS) is 12.0. The fourth-order valence-electron chi connectivity index (χ4n) is 2.16. The number of nitrogens with zero attached hydrogens (tertiary/aromatic N) is 1. The lowest BCUT2D eigenvalue weighted by molar-refractivity contribution is -0.128. The number of hydrogen-bond donors (Lipinski definition) is 1. The van der Waals surface area contributed by atoms with Crippen molar-refractivity contribution in [3.8, 4) is 0 Å². The molecule has 1 heterocycles. The summed E-state index contributed by atoms with van der Waals surface area (Å²) < 4.78 is 0. The maximum Gasteiger partial charge on any atom is 0.219 e. The molecule has 2 rings (SSSR count). The van der Waals surface area contributed by atoms with Crippen LogP contribution in [0.25, 0.3) is 0 Å². The summed E-state index contributed by atoms with van der Waals surface area (Å²) in [6.07, 6.45) is 0. The van der Waals surface area contributed by atoms with E-state index in [0.29, 0.717) is 6.54 Å². The Morgan fingerprint density at radius 3 is 2.62 bits per heavy atom. The van der Waals surface area contributed by atoms with Crippen molar-refractivity contribution in [3.63, 3.8) is 0 Å². The summed E-state index contributed by atoms with van der Waals surface area (Å²) in [6.45, 7) is 6.50. The van der Waals surface area contributed by atoms with Crippen molar-refractivity contribution in [3.05, 3.63) is 51.7 Å². The van der Waals surface area contributed by atoms with Crippen molar-refractivity contribution < 1.29 is 4.79 Å². The van der Waals surface area contributed by atoms with Gasteiger partial charge >= 0.3 is 0 Å². The number of thiophene rings is 1. The van der Waals surface area contributed by atoms with Gasteiger partial charge in [0.1, 0.15) is 0 Å². The van der Waals surface area contributed by atoms with E-state index in [1.165, 1.54) is 9.75 Å². The van der Waals surface area contributed by atoms with Crippen molar-refractivity contribution in [2.24, 2.45) is 0 Å². The van der Waals surface area contributed by atoms with Crippen LogP contribution in [0.4, 0.5) is 5.69 Å². The summed E-state index contributed by atoms with van der Waals surface area (Å²) in [5.41, 5.74) is 2.22. The van der Waals surface area contributed by atoms with Gasteiger partial charge in [-0.2, -0.15) is 0 Å². The minimum Gasteiger partial charge on any atom is -0.377 e. The van der Waals surface area contributed by atoms with E-state index in [9.17, 15) is 4.79 Å². The lowest BCUT2D eigenvalue weighted by atomic mass is 10.1. The molecule has 3 nitrogen and oxygen atoms in total. The zero-order valence-corrected chi connectivity index (χ0v) is 13.8. The Hall–Kier alpha value is -1.81. The number of aryl methyl sites for hydroxylation is 1. The largest absolute Gasteiger partial charge is 0.377 e. The topological polar surface area (TPSA) is 32.3 Å². The first-order valence-corrected chi connectivity index (χ1v) is 7.91. The van der Waals surface area contributed by atoms with Crippen LogP contribution < -0.4 is 5.32 Å². The van der Waals surface area contributed by atoms with Crippen LogP contribution in [0.3, 0.4) is 0 Å². The molecule has 1 aromatic carbocycles. The molecule has 1 unspecified atom stereocenters. The van der Waals surface area contributed by atoms with Gasteiger partial charge in [-0.05, 0) is 37.6 Å². The maximum atomic E-state index is 11.4. The van der Waals surface area contributed by atoms with Gasteiger partial charge < -0.3 is 10.2 Å². The fraction of sp³-hybridized carbons (Fsp3) is 0.353. The van der Waals surface area contributed by atoms with Crippen LogP contribution in [0, 0.1) is 6.92 Å². The third kappa shape index (κ3) is 4.08. The lowest BCUT2D eigenvalue weighted by Gasteiger charge is -2.20. The third-order valence-electron chi connectivity index (χ3n) is 3.52. The van der Waals surface area contributed by atoms with E-state index in [0.717, 1.165) is 11.3 Å². The molecule has 0 aliphatic carbocycles. The van der Waals surface area contributed by atoms with Gasteiger partial charge in [-0.3, -0.25) is 4.79 Å². The molecule has 2 aromatic rings. The number of amides is 1. The molecule has 4 heteroatoms. The molecule has 1 amide bonds. The van der Waals surface area contributed by atoms with Gasteiger partial charge in [0.25, 0.3) is 0 Å². The Balaban J connectivity index is 2.14. The summed E-state index contributed by atoms with van der Waals surface area (Å²) in [5, 5.41) is 3.56. The monoisotopic (exact) mass is 302 g/mol. The molecular formula is C17H22N2OS. The molecule has 0 saturated carbocycles. The van der Waals surface area contributed by atoms with E-state index in [2.05, 4.69) is 43.4 Å². The quantitative estimate of drug-likeness (QED) is 0.897. The number of carbonyl (C=O) groups is 1. The molecule has 0 bridgehead atoms. The van der Waals surface area contributed by atoms with Crippen molar-refractivity contribution in [2.75, 3.05) is 12.4 Å². The number of anilines is 1. The van der Waals surface area contributed by atoms with E-state index in [4.69, 9.17) is 0 Å². The molecule has 21 heavy (non-hydrogen) atoms. The van der Waals surface area contributed by atoms with E-state index in [1.54, 1.807) is 11.8 Å². The average Bonchev–Trinajstić information content (AvgIpc) is 2.87. The highest BCUT2D eigenvalue weighted by atomic mass is 32.1.